The maximum Gasteiger partial charge on any atom is 0.416 e. The van der Waals surface area contributed by atoms with Crippen LogP contribution in [0.3, 0.4) is 0 Å². The molecular weight excluding hydrogens is 525 g/mol. The van der Waals surface area contributed by atoms with Gasteiger partial charge in [-0.1, -0.05) is 35.6 Å². The number of anilines is 1. The van der Waals surface area contributed by atoms with Crippen molar-refractivity contribution in [2.75, 3.05) is 4.90 Å². The number of aromatic amines is 1. The molecule has 0 radical (unpaired) electrons. The van der Waals surface area contributed by atoms with Gasteiger partial charge in [0.1, 0.15) is 5.75 Å². The van der Waals surface area contributed by atoms with E-state index in [4.69, 9.17) is 0 Å². The molecule has 2 aromatic carbocycles. The molecule has 4 aliphatic rings. The molecule has 1 saturated heterocycles. The Morgan fingerprint density at radius 1 is 0.973 bits per heavy atom. The third-order valence-corrected chi connectivity index (χ3v) is 11.0. The number of aromatic nitrogens is 1. The van der Waals surface area contributed by atoms with Crippen molar-refractivity contribution in [3.63, 3.8) is 0 Å². The SMILES string of the molecule is O=C1[C@@H]2[C@H]3C[C@@H]([C@@H]2C(=O)N1c1cccc(C(F)(F)F)c1)[C@@H]1[C@@H](c2ccccc2O)c2sc(=O)[nH]c2S[C@@H]31. The lowest BCUT2D eigenvalue weighted by atomic mass is 9.68. The molecule has 11 heteroatoms. The molecule has 2 aliphatic carbocycles. The van der Waals surface area contributed by atoms with Gasteiger partial charge in [0.15, 0.2) is 0 Å². The fourth-order valence-electron chi connectivity index (χ4n) is 7.19. The summed E-state index contributed by atoms with van der Waals surface area (Å²) in [7, 11) is 0. The lowest BCUT2D eigenvalue weighted by molar-refractivity contribution is -0.137. The van der Waals surface area contributed by atoms with Crippen LogP contribution in [0.5, 0.6) is 5.75 Å². The number of phenols is 1. The third kappa shape index (κ3) is 3.16. The van der Waals surface area contributed by atoms with E-state index in [9.17, 15) is 32.7 Å². The molecule has 3 aromatic rings. The highest BCUT2D eigenvalue weighted by atomic mass is 32.2. The summed E-state index contributed by atoms with van der Waals surface area (Å²) in [6.07, 6.45) is -3.95. The number of benzene rings is 2. The first kappa shape index (κ1) is 23.1. The number of hydrogen-bond donors (Lipinski definition) is 2. The summed E-state index contributed by atoms with van der Waals surface area (Å²) < 4.78 is 40.0. The van der Waals surface area contributed by atoms with Gasteiger partial charge in [-0.2, -0.15) is 13.2 Å². The van der Waals surface area contributed by atoms with E-state index in [1.165, 1.54) is 23.9 Å². The first-order valence-corrected chi connectivity index (χ1v) is 13.6. The standard InChI is InChI=1S/C26H19F3N2O4S2/c27-26(28,29)10-4-3-5-11(8-10)31-23(33)18-13-9-14(19(18)24(31)34)20-17(13)16(12-6-1-2-7-15(12)32)21-22(36-20)30-25(35)37-21/h1-8,13-14,16-20,32H,9H2,(H,30,35)/t13-,14-,16-,17-,18+,19-,20+/m1/s1. The van der Waals surface area contributed by atoms with Crippen LogP contribution in [0.1, 0.15) is 28.3 Å². The summed E-state index contributed by atoms with van der Waals surface area (Å²) in [6, 6.07) is 11.3. The molecule has 6 nitrogen and oxygen atoms in total. The quantitative estimate of drug-likeness (QED) is 0.451. The van der Waals surface area contributed by atoms with Crippen LogP contribution >= 0.6 is 23.1 Å². The normalized spacial score (nSPS) is 32.0. The van der Waals surface area contributed by atoms with E-state index in [1.54, 1.807) is 12.1 Å². The molecule has 1 aromatic heterocycles. The van der Waals surface area contributed by atoms with Crippen molar-refractivity contribution in [1.82, 2.24) is 4.98 Å². The predicted molar refractivity (Wildman–Crippen MR) is 131 cm³/mol. The van der Waals surface area contributed by atoms with Gasteiger partial charge in [-0.3, -0.25) is 19.3 Å². The van der Waals surface area contributed by atoms with E-state index in [-0.39, 0.29) is 45.2 Å². The average molecular weight is 545 g/mol. The van der Waals surface area contributed by atoms with Gasteiger partial charge in [0.2, 0.25) is 11.8 Å². The van der Waals surface area contributed by atoms with Crippen LogP contribution in [0.25, 0.3) is 0 Å². The van der Waals surface area contributed by atoms with E-state index in [1.807, 2.05) is 12.1 Å². The van der Waals surface area contributed by atoms with Crippen molar-refractivity contribution >= 4 is 40.6 Å². The number of hydrogen-bond acceptors (Lipinski definition) is 6. The molecule has 0 unspecified atom stereocenters. The molecule has 0 spiro atoms. The van der Waals surface area contributed by atoms with Crippen molar-refractivity contribution in [2.45, 2.75) is 28.8 Å². The second kappa shape index (κ2) is 7.73. The van der Waals surface area contributed by atoms with Crippen molar-refractivity contribution in [1.29, 1.82) is 0 Å². The summed E-state index contributed by atoms with van der Waals surface area (Å²) in [4.78, 5) is 44.1. The molecule has 7 atom stereocenters. The molecule has 3 heterocycles. The Bertz CT molecular complexity index is 1530. The van der Waals surface area contributed by atoms with E-state index < -0.39 is 35.4 Å². The molecule has 2 bridgehead atoms. The van der Waals surface area contributed by atoms with Gasteiger partial charge in [-0.15, -0.1) is 11.8 Å². The minimum absolute atomic E-state index is 0.0602. The number of alkyl halides is 3. The molecule has 2 aliphatic heterocycles. The zero-order valence-electron chi connectivity index (χ0n) is 18.9. The molecule has 7 rings (SSSR count). The van der Waals surface area contributed by atoms with Crippen LogP contribution < -0.4 is 9.77 Å². The zero-order valence-corrected chi connectivity index (χ0v) is 20.6. The molecular formula is C26H19F3N2O4S2. The van der Waals surface area contributed by atoms with Gasteiger partial charge >= 0.3 is 11.0 Å². The topological polar surface area (TPSA) is 90.5 Å². The maximum atomic E-state index is 13.7. The first-order valence-electron chi connectivity index (χ1n) is 11.9. The van der Waals surface area contributed by atoms with Gasteiger partial charge in [-0.05, 0) is 48.4 Å². The molecule has 2 N–H and O–H groups in total. The second-order valence-electron chi connectivity index (χ2n) is 10.1. The number of phenolic OH excluding ortho intramolecular Hbond substituents is 1. The van der Waals surface area contributed by atoms with Crippen LogP contribution in [0, 0.1) is 29.6 Å². The summed E-state index contributed by atoms with van der Waals surface area (Å²) in [5.74, 6) is -2.87. The smallest absolute Gasteiger partial charge is 0.416 e. The number of aromatic hydroxyl groups is 1. The Kier molecular flexibility index (Phi) is 4.83. The molecule has 190 valence electrons. The number of nitrogens with one attached hydrogen (secondary N) is 1. The highest BCUT2D eigenvalue weighted by molar-refractivity contribution is 8.00. The van der Waals surface area contributed by atoms with Crippen molar-refractivity contribution in [2.24, 2.45) is 29.6 Å². The number of thiazole rings is 1. The number of nitrogens with zero attached hydrogens (tertiary/aromatic N) is 1. The van der Waals surface area contributed by atoms with Crippen LogP contribution in [-0.2, 0) is 15.8 Å². The lowest BCUT2D eigenvalue weighted by Gasteiger charge is -2.43. The van der Waals surface area contributed by atoms with E-state index in [2.05, 4.69) is 4.98 Å². The Hall–Kier alpha value is -3.05. The number of imide groups is 1. The third-order valence-electron chi connectivity index (χ3n) is 8.43. The summed E-state index contributed by atoms with van der Waals surface area (Å²) in [5, 5.41) is 11.4. The Labute approximate surface area is 216 Å². The maximum absolute atomic E-state index is 13.7. The number of para-hydroxylation sites is 1. The largest absolute Gasteiger partial charge is 0.508 e. The molecule has 2 saturated carbocycles. The van der Waals surface area contributed by atoms with Crippen molar-refractivity contribution < 1.29 is 27.9 Å². The summed E-state index contributed by atoms with van der Waals surface area (Å²) in [6.45, 7) is 0. The highest BCUT2D eigenvalue weighted by Crippen LogP contribution is 2.69. The summed E-state index contributed by atoms with van der Waals surface area (Å²) >= 11 is 2.61. The number of H-pyrrole nitrogens is 1. The minimum Gasteiger partial charge on any atom is -0.508 e. The monoisotopic (exact) mass is 544 g/mol. The average Bonchev–Trinajstić information content (AvgIpc) is 3.58. The van der Waals surface area contributed by atoms with Gasteiger partial charge < -0.3 is 10.1 Å². The van der Waals surface area contributed by atoms with Crippen molar-refractivity contribution in [3.05, 3.63) is 74.2 Å². The van der Waals surface area contributed by atoms with E-state index in [0.717, 1.165) is 38.3 Å². The number of carbonyl (C=O) groups excluding carboxylic acids is 2. The van der Waals surface area contributed by atoms with Crippen LogP contribution in [-0.4, -0.2) is 27.2 Å². The van der Waals surface area contributed by atoms with E-state index in [0.29, 0.717) is 12.0 Å². The lowest BCUT2D eigenvalue weighted by Crippen LogP contribution is -2.42. The van der Waals surface area contributed by atoms with Crippen molar-refractivity contribution in [3.8, 4) is 5.75 Å². The predicted octanol–water partition coefficient (Wildman–Crippen LogP) is 4.84. The van der Waals surface area contributed by atoms with E-state index >= 15 is 0 Å². The van der Waals surface area contributed by atoms with Gasteiger partial charge in [0.25, 0.3) is 0 Å². The van der Waals surface area contributed by atoms with Crippen LogP contribution in [0.4, 0.5) is 18.9 Å². The number of halogens is 3. The number of rotatable bonds is 2. The fourth-order valence-corrected chi connectivity index (χ4v) is 10.1. The Morgan fingerprint density at radius 2 is 1.70 bits per heavy atom. The van der Waals surface area contributed by atoms with Crippen LogP contribution in [0.2, 0.25) is 0 Å². The Morgan fingerprint density at radius 3 is 2.43 bits per heavy atom. The highest BCUT2D eigenvalue weighted by Gasteiger charge is 2.69. The zero-order chi connectivity index (χ0) is 25.8. The van der Waals surface area contributed by atoms with Crippen LogP contribution in [0.15, 0.2) is 58.4 Å². The second-order valence-corrected chi connectivity index (χ2v) is 12.3. The van der Waals surface area contributed by atoms with Gasteiger partial charge in [-0.25, -0.2) is 0 Å². The first-order chi connectivity index (χ1) is 17.6. The summed E-state index contributed by atoms with van der Waals surface area (Å²) in [5.41, 5.74) is -0.303. The molecule has 37 heavy (non-hydrogen) atoms. The number of fused-ring (bicyclic) bond motifs is 9. The number of carbonyl (C=O) groups is 2. The Balaban J connectivity index is 1.31. The molecule has 2 amide bonds. The molecule has 3 fully saturated rings. The number of thioether (sulfide) groups is 1. The number of amides is 2. The minimum atomic E-state index is -4.60. The van der Waals surface area contributed by atoms with Gasteiger partial charge in [0, 0.05) is 21.6 Å². The fraction of sp³-hybridized carbons (Fsp3) is 0.346. The van der Waals surface area contributed by atoms with Gasteiger partial charge in [0.05, 0.1) is 28.1 Å².